The Balaban J connectivity index is 1.94. The van der Waals surface area contributed by atoms with E-state index in [0.717, 1.165) is 6.07 Å². The van der Waals surface area contributed by atoms with Gasteiger partial charge in [-0.2, -0.15) is 0 Å². The molecule has 102 valence electrons. The van der Waals surface area contributed by atoms with Crippen LogP contribution >= 0.6 is 0 Å². The van der Waals surface area contributed by atoms with Gasteiger partial charge in [0.15, 0.2) is 0 Å². The lowest BCUT2D eigenvalue weighted by molar-refractivity contribution is -0.385. The average molecular weight is 268 g/mol. The van der Waals surface area contributed by atoms with Crippen molar-refractivity contribution in [2.45, 2.75) is 13.0 Å². The molecule has 1 aromatic carbocycles. The van der Waals surface area contributed by atoms with Crippen LogP contribution in [0.3, 0.4) is 0 Å². The van der Waals surface area contributed by atoms with Crippen LogP contribution in [0.15, 0.2) is 18.2 Å². The van der Waals surface area contributed by atoms with E-state index in [1.54, 1.807) is 0 Å². The lowest BCUT2D eigenvalue weighted by atomic mass is 9.96. The molecular formula is C12H13FN2O4. The van der Waals surface area contributed by atoms with Crippen molar-refractivity contribution in [2.75, 3.05) is 13.1 Å². The number of nitro groups is 1. The van der Waals surface area contributed by atoms with Gasteiger partial charge in [-0.05, 0) is 17.5 Å². The maximum atomic E-state index is 13.2. The normalized spacial score (nSPS) is 16.1. The zero-order valence-corrected chi connectivity index (χ0v) is 10.1. The molecular weight excluding hydrogens is 255 g/mol. The van der Waals surface area contributed by atoms with Gasteiger partial charge in [0.1, 0.15) is 5.82 Å². The van der Waals surface area contributed by atoms with Crippen LogP contribution in [0.1, 0.15) is 12.0 Å². The molecule has 0 unspecified atom stereocenters. The maximum absolute atomic E-state index is 13.2. The smallest absolute Gasteiger partial charge is 0.303 e. The minimum atomic E-state index is -0.828. The van der Waals surface area contributed by atoms with Crippen LogP contribution in [0.2, 0.25) is 0 Å². The van der Waals surface area contributed by atoms with E-state index in [2.05, 4.69) is 0 Å². The third-order valence-corrected chi connectivity index (χ3v) is 3.06. The van der Waals surface area contributed by atoms with Gasteiger partial charge in [0.05, 0.1) is 17.4 Å². The Kier molecular flexibility index (Phi) is 3.75. The van der Waals surface area contributed by atoms with Gasteiger partial charge >= 0.3 is 5.97 Å². The average Bonchev–Trinajstić information content (AvgIpc) is 2.24. The second-order valence-corrected chi connectivity index (χ2v) is 4.73. The van der Waals surface area contributed by atoms with Crippen LogP contribution in [0.5, 0.6) is 0 Å². The van der Waals surface area contributed by atoms with Gasteiger partial charge in [-0.15, -0.1) is 0 Å². The monoisotopic (exact) mass is 268 g/mol. The Morgan fingerprint density at radius 1 is 1.47 bits per heavy atom. The predicted octanol–water partition coefficient (Wildman–Crippen LogP) is 1.64. The molecule has 1 fully saturated rings. The fourth-order valence-corrected chi connectivity index (χ4v) is 2.27. The summed E-state index contributed by atoms with van der Waals surface area (Å²) in [6.07, 6.45) is 0.125. The topological polar surface area (TPSA) is 83.7 Å². The minimum Gasteiger partial charge on any atom is -0.481 e. The molecule has 0 atom stereocenters. The van der Waals surface area contributed by atoms with Gasteiger partial charge in [0.25, 0.3) is 5.69 Å². The fraction of sp³-hybridized carbons (Fsp3) is 0.417. The number of likely N-dealkylation sites (tertiary alicyclic amines) is 1. The first-order chi connectivity index (χ1) is 8.94. The van der Waals surface area contributed by atoms with E-state index in [-0.39, 0.29) is 18.0 Å². The highest BCUT2D eigenvalue weighted by Gasteiger charge is 2.28. The maximum Gasteiger partial charge on any atom is 0.303 e. The summed E-state index contributed by atoms with van der Waals surface area (Å²) >= 11 is 0. The number of hydrogen-bond acceptors (Lipinski definition) is 4. The highest BCUT2D eigenvalue weighted by atomic mass is 19.1. The summed E-state index contributed by atoms with van der Waals surface area (Å²) in [5.74, 6) is -1.35. The van der Waals surface area contributed by atoms with Gasteiger partial charge in [0, 0.05) is 25.7 Å². The van der Waals surface area contributed by atoms with Crippen LogP contribution in [0.25, 0.3) is 0 Å². The zero-order chi connectivity index (χ0) is 14.0. The Morgan fingerprint density at radius 2 is 2.16 bits per heavy atom. The molecule has 2 rings (SSSR count). The van der Waals surface area contributed by atoms with Gasteiger partial charge in [-0.25, -0.2) is 4.39 Å². The number of nitro benzene ring substituents is 1. The number of benzene rings is 1. The molecule has 0 amide bonds. The van der Waals surface area contributed by atoms with Crippen molar-refractivity contribution in [2.24, 2.45) is 5.92 Å². The van der Waals surface area contributed by atoms with Crippen LogP contribution < -0.4 is 0 Å². The molecule has 19 heavy (non-hydrogen) atoms. The van der Waals surface area contributed by atoms with E-state index in [0.29, 0.717) is 25.2 Å². The molecule has 1 saturated heterocycles. The number of aliphatic carboxylic acids is 1. The molecule has 0 aromatic heterocycles. The van der Waals surface area contributed by atoms with Crippen molar-refractivity contribution in [1.82, 2.24) is 4.90 Å². The zero-order valence-electron chi connectivity index (χ0n) is 10.1. The van der Waals surface area contributed by atoms with Gasteiger partial charge in [0.2, 0.25) is 0 Å². The van der Waals surface area contributed by atoms with Gasteiger partial charge < -0.3 is 5.11 Å². The Hall–Kier alpha value is -2.02. The largest absolute Gasteiger partial charge is 0.481 e. The second-order valence-electron chi connectivity index (χ2n) is 4.73. The summed E-state index contributed by atoms with van der Waals surface area (Å²) in [6, 6.07) is 3.48. The van der Waals surface area contributed by atoms with E-state index in [1.165, 1.54) is 12.1 Å². The molecule has 0 radical (unpaired) electrons. The molecule has 1 heterocycles. The second kappa shape index (κ2) is 5.31. The van der Waals surface area contributed by atoms with E-state index >= 15 is 0 Å². The lowest BCUT2D eigenvalue weighted by Crippen LogP contribution is -2.46. The van der Waals surface area contributed by atoms with Crippen LogP contribution in [-0.2, 0) is 11.3 Å². The molecule has 0 saturated carbocycles. The van der Waals surface area contributed by atoms with Crippen molar-refractivity contribution in [3.8, 4) is 0 Å². The number of carboxylic acid groups (broad SMARTS) is 1. The first-order valence-corrected chi connectivity index (χ1v) is 5.82. The SMILES string of the molecule is O=C(O)CC1CN(Cc2cc(F)cc([N+](=O)[O-])c2)C1. The quantitative estimate of drug-likeness (QED) is 0.648. The predicted molar refractivity (Wildman–Crippen MR) is 64.1 cm³/mol. The van der Waals surface area contributed by atoms with E-state index in [1.807, 2.05) is 4.90 Å². The standard InChI is InChI=1S/C12H13FN2O4/c13-10-1-8(2-11(4-10)15(18)19)5-14-6-9(7-14)3-12(16)17/h1-2,4,9H,3,5-7H2,(H,16,17). The van der Waals surface area contributed by atoms with E-state index < -0.39 is 16.7 Å². The number of halogens is 1. The molecule has 1 aliphatic rings. The minimum absolute atomic E-state index is 0.112. The van der Waals surface area contributed by atoms with Crippen LogP contribution in [0, 0.1) is 21.8 Å². The molecule has 0 spiro atoms. The summed E-state index contributed by atoms with van der Waals surface area (Å²) in [4.78, 5) is 22.4. The summed E-state index contributed by atoms with van der Waals surface area (Å²) in [6.45, 7) is 1.64. The first kappa shape index (κ1) is 13.4. The summed E-state index contributed by atoms with van der Waals surface area (Å²) in [5, 5.41) is 19.2. The molecule has 6 nitrogen and oxygen atoms in total. The molecule has 7 heteroatoms. The summed E-state index contributed by atoms with van der Waals surface area (Å²) in [7, 11) is 0. The van der Waals surface area contributed by atoms with Crippen LogP contribution in [-0.4, -0.2) is 34.0 Å². The lowest BCUT2D eigenvalue weighted by Gasteiger charge is -2.38. The molecule has 0 aliphatic carbocycles. The van der Waals surface area contributed by atoms with Crippen molar-refractivity contribution in [3.05, 3.63) is 39.7 Å². The van der Waals surface area contributed by atoms with E-state index in [4.69, 9.17) is 5.11 Å². The highest BCUT2D eigenvalue weighted by Crippen LogP contribution is 2.23. The van der Waals surface area contributed by atoms with Crippen molar-refractivity contribution in [1.29, 1.82) is 0 Å². The molecule has 0 bridgehead atoms. The summed E-state index contributed by atoms with van der Waals surface area (Å²) < 4.78 is 13.2. The number of carbonyl (C=O) groups is 1. The Bertz CT molecular complexity index is 514. The Morgan fingerprint density at radius 3 is 2.74 bits per heavy atom. The van der Waals surface area contributed by atoms with Gasteiger partial charge in [-0.3, -0.25) is 19.8 Å². The third-order valence-electron chi connectivity index (χ3n) is 3.06. The number of hydrogen-bond donors (Lipinski definition) is 1. The van der Waals surface area contributed by atoms with Gasteiger partial charge in [-0.1, -0.05) is 0 Å². The summed E-state index contributed by atoms with van der Waals surface area (Å²) in [5.41, 5.74) is 0.262. The number of nitrogens with zero attached hydrogens (tertiary/aromatic N) is 2. The molecule has 1 N–H and O–H groups in total. The highest BCUT2D eigenvalue weighted by molar-refractivity contribution is 5.67. The van der Waals surface area contributed by atoms with Crippen molar-refractivity contribution in [3.63, 3.8) is 0 Å². The van der Waals surface area contributed by atoms with Crippen molar-refractivity contribution >= 4 is 11.7 Å². The molecule has 1 aliphatic heterocycles. The fourth-order valence-electron chi connectivity index (χ4n) is 2.27. The number of non-ortho nitro benzene ring substituents is 1. The first-order valence-electron chi connectivity index (χ1n) is 5.82. The third kappa shape index (κ3) is 3.47. The number of rotatable bonds is 5. The number of carboxylic acids is 1. The Labute approximate surface area is 108 Å². The van der Waals surface area contributed by atoms with E-state index in [9.17, 15) is 19.3 Å². The van der Waals surface area contributed by atoms with Crippen LogP contribution in [0.4, 0.5) is 10.1 Å². The molecule has 1 aromatic rings. The van der Waals surface area contributed by atoms with Crippen molar-refractivity contribution < 1.29 is 19.2 Å².